The average molecular weight is 392 g/mol. The fourth-order valence-corrected chi connectivity index (χ4v) is 2.81. The van der Waals surface area contributed by atoms with Crippen LogP contribution in [-0.2, 0) is 24.5 Å². The molecule has 1 rings (SSSR count). The van der Waals surface area contributed by atoms with E-state index in [0.717, 1.165) is 0 Å². The van der Waals surface area contributed by atoms with E-state index in [9.17, 15) is 15.3 Å². The number of hydrogen-bond donors (Lipinski definition) is 4. The molecule has 1 aliphatic heterocycles. The van der Waals surface area contributed by atoms with Crippen LogP contribution in [0.4, 0.5) is 0 Å². The van der Waals surface area contributed by atoms with Crippen molar-refractivity contribution in [2.45, 2.75) is 29.9 Å². The molecule has 1 fully saturated rings. The first kappa shape index (κ1) is 12.0. The summed E-state index contributed by atoms with van der Waals surface area (Å²) in [5.74, 6) is 0. The first-order chi connectivity index (χ1) is 6.11. The molecule has 0 unspecified atom stereocenters. The predicted octanol–water partition coefficient (Wildman–Crippen LogP) is -2.02. The fourth-order valence-electron chi connectivity index (χ4n) is 1.13. The number of aliphatic hydroxyl groups is 4. The minimum absolute atomic E-state index is 0.379. The van der Waals surface area contributed by atoms with Gasteiger partial charge in [0.05, 0.1) is 0 Å². The van der Waals surface area contributed by atoms with Gasteiger partial charge in [-0.25, -0.2) is 0 Å². The number of ether oxygens (including phenoxy) is 1. The van der Waals surface area contributed by atoms with E-state index in [2.05, 4.69) is 19.7 Å². The second-order valence-electron chi connectivity index (χ2n) is 2.77. The topological polar surface area (TPSA) is 90.2 Å². The Bertz CT molecular complexity index is 151. The van der Waals surface area contributed by atoms with Crippen LogP contribution in [0.2, 0.25) is 0 Å². The van der Waals surface area contributed by atoms with Crippen molar-refractivity contribution in [3.8, 4) is 0 Å². The van der Waals surface area contributed by atoms with Crippen LogP contribution in [0.15, 0.2) is 0 Å². The first-order valence-corrected chi connectivity index (χ1v) is 7.03. The van der Waals surface area contributed by atoms with Crippen LogP contribution < -0.4 is 0 Å². The van der Waals surface area contributed by atoms with Crippen LogP contribution in [0.5, 0.6) is 0 Å². The molecular formula is C6H11AuO5S. The van der Waals surface area contributed by atoms with E-state index in [4.69, 9.17) is 9.84 Å². The Morgan fingerprint density at radius 2 is 1.77 bits per heavy atom. The molecule has 4 N–H and O–H groups in total. The van der Waals surface area contributed by atoms with Gasteiger partial charge < -0.3 is 0 Å². The molecule has 0 radical (unpaired) electrons. The minimum atomic E-state index is -1.27. The van der Waals surface area contributed by atoms with Gasteiger partial charge in [0.25, 0.3) is 0 Å². The molecule has 82 valence electrons. The van der Waals surface area contributed by atoms with Gasteiger partial charge in [-0.05, 0) is 0 Å². The van der Waals surface area contributed by atoms with Gasteiger partial charge in [-0.3, -0.25) is 0 Å². The van der Waals surface area contributed by atoms with Gasteiger partial charge in [0, 0.05) is 0 Å². The van der Waals surface area contributed by atoms with Crippen LogP contribution in [-0.4, -0.2) is 56.9 Å². The second-order valence-corrected chi connectivity index (χ2v) is 4.91. The van der Waals surface area contributed by atoms with Crippen molar-refractivity contribution in [1.82, 2.24) is 0 Å². The van der Waals surface area contributed by atoms with Crippen molar-refractivity contribution in [1.29, 1.82) is 0 Å². The molecule has 0 bridgehead atoms. The summed E-state index contributed by atoms with van der Waals surface area (Å²) in [7, 11) is 1.17. The molecule has 1 saturated heterocycles. The summed E-state index contributed by atoms with van der Waals surface area (Å²) < 4.78 is 5.12. The molecule has 0 aromatic carbocycles. The van der Waals surface area contributed by atoms with Gasteiger partial charge in [-0.15, -0.1) is 0 Å². The molecule has 0 aromatic heterocycles. The van der Waals surface area contributed by atoms with Crippen molar-refractivity contribution < 1.29 is 44.9 Å². The first-order valence-electron chi connectivity index (χ1n) is 3.66. The standard InChI is InChI=1S/C6H12O5S.Au/c7-1-2-3(8)4(9)5(10)6(12)11-2;/h2-10,12H,1H2;/q;+1/p-1/t2-,3-,4+,5-,6+;/m1./s1. The number of hydrogen-bond acceptors (Lipinski definition) is 6. The van der Waals surface area contributed by atoms with Crippen molar-refractivity contribution >= 4 is 9.23 Å². The third-order valence-electron chi connectivity index (χ3n) is 1.92. The van der Waals surface area contributed by atoms with Crippen LogP contribution in [0.3, 0.4) is 0 Å². The van der Waals surface area contributed by atoms with E-state index in [0.29, 0.717) is 0 Å². The number of rotatable bonds is 2. The Balaban J connectivity index is 2.66. The summed E-state index contributed by atoms with van der Waals surface area (Å²) in [6, 6.07) is 0. The molecule has 0 spiro atoms. The van der Waals surface area contributed by atoms with E-state index < -0.39 is 29.9 Å². The van der Waals surface area contributed by atoms with Crippen LogP contribution >= 0.6 is 9.23 Å². The number of aliphatic hydroxyl groups excluding tert-OH is 4. The SMILES string of the molecule is OC[C@H]1O[C@@H]([S][Au])[C@H](O)[C@@H](O)[C@@H]1O. The zero-order valence-electron chi connectivity index (χ0n) is 6.50. The van der Waals surface area contributed by atoms with Gasteiger partial charge in [0.1, 0.15) is 0 Å². The summed E-state index contributed by atoms with van der Waals surface area (Å²) in [5.41, 5.74) is -0.626. The molecule has 0 amide bonds. The van der Waals surface area contributed by atoms with Crippen LogP contribution in [0.25, 0.3) is 0 Å². The molecule has 0 saturated carbocycles. The summed E-state index contributed by atoms with van der Waals surface area (Å²) in [4.78, 5) is 0. The Kier molecular flexibility index (Phi) is 4.70. The molecule has 1 aliphatic rings. The van der Waals surface area contributed by atoms with Crippen molar-refractivity contribution in [3.05, 3.63) is 0 Å². The summed E-state index contributed by atoms with van der Waals surface area (Å²) in [5, 5.41) is 36.8. The summed E-state index contributed by atoms with van der Waals surface area (Å²) in [6.45, 7) is -0.379. The van der Waals surface area contributed by atoms with Crippen molar-refractivity contribution in [3.63, 3.8) is 0 Å². The Morgan fingerprint density at radius 3 is 2.23 bits per heavy atom. The van der Waals surface area contributed by atoms with Crippen LogP contribution in [0, 0.1) is 0 Å². The van der Waals surface area contributed by atoms with E-state index >= 15 is 0 Å². The molecule has 7 heteroatoms. The predicted molar refractivity (Wildman–Crippen MR) is 41.4 cm³/mol. The quantitative estimate of drug-likeness (QED) is 0.406. The maximum atomic E-state index is 9.37. The van der Waals surface area contributed by atoms with E-state index in [-0.39, 0.29) is 6.61 Å². The normalized spacial score (nSPS) is 46.5. The average Bonchev–Trinajstić information content (AvgIpc) is 2.15. The van der Waals surface area contributed by atoms with Gasteiger partial charge in [-0.1, -0.05) is 0 Å². The van der Waals surface area contributed by atoms with Crippen LogP contribution in [0.1, 0.15) is 0 Å². The van der Waals surface area contributed by atoms with E-state index in [1.165, 1.54) is 9.23 Å². The fraction of sp³-hybridized carbons (Fsp3) is 1.00. The maximum absolute atomic E-state index is 9.37. The summed E-state index contributed by atoms with van der Waals surface area (Å²) in [6.07, 6.45) is -4.47. The zero-order chi connectivity index (χ0) is 10.0. The Morgan fingerprint density at radius 1 is 1.15 bits per heavy atom. The van der Waals surface area contributed by atoms with Gasteiger partial charge in [-0.2, -0.15) is 0 Å². The monoisotopic (exact) mass is 392 g/mol. The molecule has 0 aromatic rings. The van der Waals surface area contributed by atoms with E-state index in [1.807, 2.05) is 0 Å². The van der Waals surface area contributed by atoms with Gasteiger partial charge in [0.15, 0.2) is 0 Å². The Hall–Kier alpha value is 0.890. The third-order valence-corrected chi connectivity index (χ3v) is 3.96. The van der Waals surface area contributed by atoms with Gasteiger partial charge in [0.2, 0.25) is 0 Å². The Labute approximate surface area is 90.6 Å². The molecule has 1 heterocycles. The molecule has 0 aliphatic carbocycles. The molecule has 13 heavy (non-hydrogen) atoms. The molecular weight excluding hydrogens is 381 g/mol. The second kappa shape index (κ2) is 5.11. The summed E-state index contributed by atoms with van der Waals surface area (Å²) >= 11 is 2.10. The zero-order valence-corrected chi connectivity index (χ0v) is 9.48. The van der Waals surface area contributed by atoms with E-state index in [1.54, 1.807) is 0 Å². The van der Waals surface area contributed by atoms with Crippen molar-refractivity contribution in [2.75, 3.05) is 6.61 Å². The molecule has 5 atom stereocenters. The van der Waals surface area contributed by atoms with Gasteiger partial charge >= 0.3 is 90.6 Å². The van der Waals surface area contributed by atoms with Crippen molar-refractivity contribution in [2.24, 2.45) is 0 Å². The third kappa shape index (κ3) is 2.47. The molecule has 5 nitrogen and oxygen atoms in total.